The van der Waals surface area contributed by atoms with Crippen LogP contribution in [-0.2, 0) is 11.3 Å². The molecule has 0 aliphatic rings. The summed E-state index contributed by atoms with van der Waals surface area (Å²) in [5, 5.41) is 8.78. The number of carbonyl (C=O) groups is 2. The predicted octanol–water partition coefficient (Wildman–Crippen LogP) is 1.25. The van der Waals surface area contributed by atoms with Crippen LogP contribution < -0.4 is 16.0 Å². The largest absolute Gasteiger partial charge is 0.351 e. The Bertz CT molecular complexity index is 655. The molecule has 0 fully saturated rings. The summed E-state index contributed by atoms with van der Waals surface area (Å²) in [5.74, 6) is -0.254. The number of hydrogen-bond acceptors (Lipinski definition) is 4. The van der Waals surface area contributed by atoms with E-state index in [1.807, 2.05) is 17.7 Å². The van der Waals surface area contributed by atoms with Gasteiger partial charge in [0.2, 0.25) is 5.91 Å². The third-order valence-corrected chi connectivity index (χ3v) is 3.40. The molecule has 2 rings (SSSR count). The minimum atomic E-state index is -0.151. The molecule has 0 aliphatic heterocycles. The minimum Gasteiger partial charge on any atom is -0.351 e. The van der Waals surface area contributed by atoms with E-state index in [0.29, 0.717) is 30.8 Å². The Morgan fingerprint density at radius 3 is 2.88 bits per heavy atom. The number of likely N-dealkylation sites (N-methyl/N-ethyl adjacent to an activating group) is 1. The zero-order valence-corrected chi connectivity index (χ0v) is 13.8. The Hall–Kier alpha value is -2.67. The lowest BCUT2D eigenvalue weighted by Crippen LogP contribution is -2.31. The fraction of sp³-hybridized carbons (Fsp3) is 0.353. The molecule has 0 unspecified atom stereocenters. The molecule has 0 atom stereocenters. The van der Waals surface area contributed by atoms with Gasteiger partial charge in [0.15, 0.2) is 0 Å². The number of aryl methyl sites for hydroxylation is 1. The van der Waals surface area contributed by atoms with Crippen molar-refractivity contribution in [2.24, 2.45) is 0 Å². The maximum Gasteiger partial charge on any atom is 0.251 e. The Balaban J connectivity index is 1.82. The third-order valence-electron chi connectivity index (χ3n) is 3.40. The fourth-order valence-electron chi connectivity index (χ4n) is 2.15. The second-order valence-corrected chi connectivity index (χ2v) is 5.29. The van der Waals surface area contributed by atoms with Crippen LogP contribution in [0.1, 0.15) is 23.7 Å². The number of hydrogen-bond donors (Lipinski definition) is 3. The van der Waals surface area contributed by atoms with Crippen LogP contribution in [0.25, 0.3) is 0 Å². The van der Waals surface area contributed by atoms with Crippen molar-refractivity contribution in [3.05, 3.63) is 48.5 Å². The van der Waals surface area contributed by atoms with Gasteiger partial charge >= 0.3 is 0 Å². The monoisotopic (exact) mass is 329 g/mol. The SMILES string of the molecule is CCNCCNC(=O)c1cccc(NC(=O)CCn2ccnc2)c1. The predicted molar refractivity (Wildman–Crippen MR) is 92.8 cm³/mol. The van der Waals surface area contributed by atoms with E-state index in [2.05, 4.69) is 20.9 Å². The second kappa shape index (κ2) is 9.46. The number of aromatic nitrogens is 2. The molecule has 0 radical (unpaired) electrons. The van der Waals surface area contributed by atoms with Crippen LogP contribution in [0.2, 0.25) is 0 Å². The molecule has 0 bridgehead atoms. The second-order valence-electron chi connectivity index (χ2n) is 5.29. The van der Waals surface area contributed by atoms with E-state index in [4.69, 9.17) is 0 Å². The molecule has 1 heterocycles. The first-order valence-corrected chi connectivity index (χ1v) is 8.03. The number of imidazole rings is 1. The maximum absolute atomic E-state index is 12.1. The van der Waals surface area contributed by atoms with Crippen LogP contribution in [0.3, 0.4) is 0 Å². The van der Waals surface area contributed by atoms with Crippen LogP contribution in [-0.4, -0.2) is 41.0 Å². The quantitative estimate of drug-likeness (QED) is 0.604. The average Bonchev–Trinajstić information content (AvgIpc) is 3.10. The van der Waals surface area contributed by atoms with E-state index in [0.717, 1.165) is 13.1 Å². The molecular weight excluding hydrogens is 306 g/mol. The van der Waals surface area contributed by atoms with Crippen LogP contribution in [0.4, 0.5) is 5.69 Å². The van der Waals surface area contributed by atoms with Crippen LogP contribution in [0.15, 0.2) is 43.0 Å². The highest BCUT2D eigenvalue weighted by Gasteiger charge is 2.07. The van der Waals surface area contributed by atoms with E-state index in [9.17, 15) is 9.59 Å². The Morgan fingerprint density at radius 2 is 2.12 bits per heavy atom. The number of anilines is 1. The Morgan fingerprint density at radius 1 is 1.25 bits per heavy atom. The van der Waals surface area contributed by atoms with Crippen LogP contribution in [0.5, 0.6) is 0 Å². The average molecular weight is 329 g/mol. The highest BCUT2D eigenvalue weighted by molar-refractivity contribution is 5.97. The van der Waals surface area contributed by atoms with E-state index in [1.165, 1.54) is 0 Å². The Labute approximate surface area is 141 Å². The standard InChI is InChI=1S/C17H23N5O2/c1-2-18-7-8-20-17(24)14-4-3-5-15(12-14)21-16(23)6-10-22-11-9-19-13-22/h3-5,9,11-13,18H,2,6-8,10H2,1H3,(H,20,24)(H,21,23). The molecule has 7 nitrogen and oxygen atoms in total. The van der Waals surface area contributed by atoms with Gasteiger partial charge in [-0.05, 0) is 24.7 Å². The zero-order chi connectivity index (χ0) is 17.2. The van der Waals surface area contributed by atoms with Gasteiger partial charge in [-0.15, -0.1) is 0 Å². The molecule has 0 spiro atoms. The van der Waals surface area contributed by atoms with Gasteiger partial charge in [-0.25, -0.2) is 4.98 Å². The molecule has 1 aromatic heterocycles. The zero-order valence-electron chi connectivity index (χ0n) is 13.8. The molecule has 128 valence electrons. The number of nitrogens with one attached hydrogen (secondary N) is 3. The summed E-state index contributed by atoms with van der Waals surface area (Å²) in [7, 11) is 0. The molecule has 1 aromatic carbocycles. The fourth-order valence-corrected chi connectivity index (χ4v) is 2.15. The van der Waals surface area contributed by atoms with Gasteiger partial charge in [-0.3, -0.25) is 9.59 Å². The first-order chi connectivity index (χ1) is 11.7. The molecule has 24 heavy (non-hydrogen) atoms. The van der Waals surface area contributed by atoms with E-state index in [-0.39, 0.29) is 11.8 Å². The maximum atomic E-state index is 12.1. The smallest absolute Gasteiger partial charge is 0.251 e. The number of nitrogens with zero attached hydrogens (tertiary/aromatic N) is 2. The van der Waals surface area contributed by atoms with Crippen molar-refractivity contribution in [2.75, 3.05) is 25.0 Å². The Kier molecular flexibility index (Phi) is 6.97. The normalized spacial score (nSPS) is 10.4. The summed E-state index contributed by atoms with van der Waals surface area (Å²) in [5.41, 5.74) is 1.14. The first-order valence-electron chi connectivity index (χ1n) is 8.03. The van der Waals surface area contributed by atoms with E-state index >= 15 is 0 Å². The summed E-state index contributed by atoms with van der Waals surface area (Å²) in [6.45, 7) is 4.74. The first kappa shape index (κ1) is 17.7. The van der Waals surface area contributed by atoms with Crippen molar-refractivity contribution in [3.63, 3.8) is 0 Å². The molecule has 2 amide bonds. The lowest BCUT2D eigenvalue weighted by atomic mass is 10.2. The summed E-state index contributed by atoms with van der Waals surface area (Å²) >= 11 is 0. The minimum absolute atomic E-state index is 0.103. The highest BCUT2D eigenvalue weighted by Crippen LogP contribution is 2.11. The van der Waals surface area contributed by atoms with Gasteiger partial charge in [0.05, 0.1) is 6.33 Å². The van der Waals surface area contributed by atoms with E-state index < -0.39 is 0 Å². The van der Waals surface area contributed by atoms with Crippen LogP contribution in [0, 0.1) is 0 Å². The van der Waals surface area contributed by atoms with Gasteiger partial charge in [-0.2, -0.15) is 0 Å². The number of carbonyl (C=O) groups excluding carboxylic acids is 2. The summed E-state index contributed by atoms with van der Waals surface area (Å²) < 4.78 is 1.84. The molecule has 0 saturated carbocycles. The highest BCUT2D eigenvalue weighted by atomic mass is 16.2. The molecule has 0 aliphatic carbocycles. The van der Waals surface area contributed by atoms with Crippen molar-refractivity contribution < 1.29 is 9.59 Å². The summed E-state index contributed by atoms with van der Waals surface area (Å²) in [6, 6.07) is 6.93. The third kappa shape index (κ3) is 5.85. The molecule has 0 saturated heterocycles. The summed E-state index contributed by atoms with van der Waals surface area (Å²) in [4.78, 5) is 28.0. The number of amides is 2. The van der Waals surface area contributed by atoms with E-state index in [1.54, 1.807) is 36.8 Å². The van der Waals surface area contributed by atoms with Crippen LogP contribution >= 0.6 is 0 Å². The lowest BCUT2D eigenvalue weighted by molar-refractivity contribution is -0.116. The van der Waals surface area contributed by atoms with Gasteiger partial charge in [0, 0.05) is 49.7 Å². The van der Waals surface area contributed by atoms with Crippen molar-refractivity contribution in [1.29, 1.82) is 0 Å². The molecule has 7 heteroatoms. The van der Waals surface area contributed by atoms with Gasteiger partial charge in [0.1, 0.15) is 0 Å². The molecular formula is C17H23N5O2. The van der Waals surface area contributed by atoms with Crippen molar-refractivity contribution in [2.45, 2.75) is 19.9 Å². The lowest BCUT2D eigenvalue weighted by Gasteiger charge is -2.09. The van der Waals surface area contributed by atoms with Crippen molar-refractivity contribution in [1.82, 2.24) is 20.2 Å². The van der Waals surface area contributed by atoms with Crippen molar-refractivity contribution in [3.8, 4) is 0 Å². The van der Waals surface area contributed by atoms with Gasteiger partial charge < -0.3 is 20.5 Å². The molecule has 3 N–H and O–H groups in total. The van der Waals surface area contributed by atoms with Crippen molar-refractivity contribution >= 4 is 17.5 Å². The van der Waals surface area contributed by atoms with Gasteiger partial charge in [-0.1, -0.05) is 13.0 Å². The number of benzene rings is 1. The molecule has 2 aromatic rings. The van der Waals surface area contributed by atoms with Gasteiger partial charge in [0.25, 0.3) is 5.91 Å². The summed E-state index contributed by atoms with van der Waals surface area (Å²) in [6.07, 6.45) is 5.50. The number of rotatable bonds is 9. The topological polar surface area (TPSA) is 88.0 Å².